The number of nitrogens with two attached hydrogens (primary N) is 1. The van der Waals surface area contributed by atoms with Gasteiger partial charge in [0.1, 0.15) is 12.6 Å². The van der Waals surface area contributed by atoms with E-state index < -0.39 is 6.04 Å². The van der Waals surface area contributed by atoms with Crippen molar-refractivity contribution in [2.24, 2.45) is 5.73 Å². The van der Waals surface area contributed by atoms with Gasteiger partial charge in [-0.25, -0.2) is 0 Å². The Morgan fingerprint density at radius 2 is 2.36 bits per heavy atom. The lowest BCUT2D eigenvalue weighted by atomic mass is 10.0. The highest BCUT2D eigenvalue weighted by molar-refractivity contribution is 6.04. The molecule has 1 heterocycles. The lowest BCUT2D eigenvalue weighted by Crippen LogP contribution is -2.40. The molecule has 74 valence electrons. The normalized spacial score (nSPS) is 19.9. The molecule has 1 aromatic rings. The first-order chi connectivity index (χ1) is 6.74. The minimum Gasteiger partial charge on any atom is -0.493 e. The van der Waals surface area contributed by atoms with Crippen LogP contribution in [0.25, 0.3) is 0 Å². The standard InChI is InChI=1S/C10H11NO3/c1-13-8-4-2-3-6-9(12)7(11)5-14-10(6)8/h2-4,7H,5,11H2,1H3/t7-/m1/s1. The molecular weight excluding hydrogens is 182 g/mol. The fourth-order valence-electron chi connectivity index (χ4n) is 1.47. The van der Waals surface area contributed by atoms with E-state index in [1.54, 1.807) is 18.2 Å². The van der Waals surface area contributed by atoms with Gasteiger partial charge in [-0.15, -0.1) is 0 Å². The third-order valence-electron chi connectivity index (χ3n) is 2.21. The highest BCUT2D eigenvalue weighted by Crippen LogP contribution is 2.33. The largest absolute Gasteiger partial charge is 0.493 e. The first kappa shape index (κ1) is 9.02. The summed E-state index contributed by atoms with van der Waals surface area (Å²) < 4.78 is 10.4. The zero-order valence-electron chi connectivity index (χ0n) is 7.82. The fourth-order valence-corrected chi connectivity index (χ4v) is 1.47. The molecule has 0 aromatic heterocycles. The van der Waals surface area contributed by atoms with Crippen LogP contribution in [0.5, 0.6) is 11.5 Å². The Morgan fingerprint density at radius 3 is 3.07 bits per heavy atom. The van der Waals surface area contributed by atoms with Gasteiger partial charge in [0, 0.05) is 0 Å². The number of methoxy groups -OCH3 is 1. The van der Waals surface area contributed by atoms with E-state index in [4.69, 9.17) is 15.2 Å². The number of carbonyl (C=O) groups excluding carboxylic acids is 1. The molecule has 0 spiro atoms. The molecule has 1 aliphatic heterocycles. The van der Waals surface area contributed by atoms with Crippen LogP contribution in [0.1, 0.15) is 10.4 Å². The van der Waals surface area contributed by atoms with Gasteiger partial charge in [-0.1, -0.05) is 6.07 Å². The van der Waals surface area contributed by atoms with Crippen molar-refractivity contribution in [2.45, 2.75) is 6.04 Å². The predicted octanol–water partition coefficient (Wildman–Crippen LogP) is 0.598. The van der Waals surface area contributed by atoms with Crippen molar-refractivity contribution in [3.8, 4) is 11.5 Å². The molecule has 4 heteroatoms. The van der Waals surface area contributed by atoms with Gasteiger partial charge in [-0.05, 0) is 12.1 Å². The summed E-state index contributed by atoms with van der Waals surface area (Å²) in [7, 11) is 1.54. The molecule has 14 heavy (non-hydrogen) atoms. The van der Waals surface area contributed by atoms with Crippen molar-refractivity contribution in [1.82, 2.24) is 0 Å². The highest BCUT2D eigenvalue weighted by Gasteiger charge is 2.27. The summed E-state index contributed by atoms with van der Waals surface area (Å²) in [5, 5.41) is 0. The van der Waals surface area contributed by atoms with Crippen molar-refractivity contribution in [3.63, 3.8) is 0 Å². The molecule has 0 bridgehead atoms. The molecule has 0 saturated heterocycles. The quantitative estimate of drug-likeness (QED) is 0.709. The number of para-hydroxylation sites is 1. The number of hydrogen-bond donors (Lipinski definition) is 1. The van der Waals surface area contributed by atoms with Crippen LogP contribution in [-0.4, -0.2) is 25.5 Å². The zero-order chi connectivity index (χ0) is 10.1. The van der Waals surface area contributed by atoms with Gasteiger partial charge in [-0.2, -0.15) is 0 Å². The SMILES string of the molecule is COc1cccc2c1OC[C@@H](N)C2=O. The highest BCUT2D eigenvalue weighted by atomic mass is 16.5. The molecule has 0 fully saturated rings. The number of ether oxygens (including phenoxy) is 2. The van der Waals surface area contributed by atoms with E-state index >= 15 is 0 Å². The van der Waals surface area contributed by atoms with E-state index in [1.807, 2.05) is 0 Å². The van der Waals surface area contributed by atoms with Crippen LogP contribution in [0.2, 0.25) is 0 Å². The van der Waals surface area contributed by atoms with Gasteiger partial charge in [0.15, 0.2) is 17.3 Å². The molecule has 1 aromatic carbocycles. The summed E-state index contributed by atoms with van der Waals surface area (Å²) in [5.74, 6) is 0.981. The average molecular weight is 193 g/mol. The number of carbonyl (C=O) groups is 1. The van der Waals surface area contributed by atoms with E-state index in [9.17, 15) is 4.79 Å². The lowest BCUT2D eigenvalue weighted by molar-refractivity contribution is 0.0896. The van der Waals surface area contributed by atoms with Crippen molar-refractivity contribution in [1.29, 1.82) is 0 Å². The Labute approximate surface area is 81.6 Å². The fraction of sp³-hybridized carbons (Fsp3) is 0.300. The second-order valence-corrected chi connectivity index (χ2v) is 3.12. The maximum Gasteiger partial charge on any atom is 0.186 e. The monoisotopic (exact) mass is 193 g/mol. The topological polar surface area (TPSA) is 61.6 Å². The van der Waals surface area contributed by atoms with E-state index in [0.29, 0.717) is 17.1 Å². The zero-order valence-corrected chi connectivity index (χ0v) is 7.82. The predicted molar refractivity (Wildman–Crippen MR) is 50.8 cm³/mol. The molecule has 4 nitrogen and oxygen atoms in total. The first-order valence-corrected chi connectivity index (χ1v) is 4.33. The molecule has 2 N–H and O–H groups in total. The number of fused-ring (bicyclic) bond motifs is 1. The summed E-state index contributed by atoms with van der Waals surface area (Å²) in [6.07, 6.45) is 0. The van der Waals surface area contributed by atoms with Gasteiger partial charge in [-0.3, -0.25) is 4.79 Å². The van der Waals surface area contributed by atoms with Gasteiger partial charge < -0.3 is 15.2 Å². The van der Waals surface area contributed by atoms with Gasteiger partial charge in [0.05, 0.1) is 12.7 Å². The Balaban J connectivity index is 2.52. The molecule has 0 aliphatic carbocycles. The Morgan fingerprint density at radius 1 is 1.57 bits per heavy atom. The Bertz CT molecular complexity index is 376. The number of hydrogen-bond acceptors (Lipinski definition) is 4. The van der Waals surface area contributed by atoms with Crippen molar-refractivity contribution < 1.29 is 14.3 Å². The minimum atomic E-state index is -0.561. The van der Waals surface area contributed by atoms with Crippen LogP contribution in [0.4, 0.5) is 0 Å². The van der Waals surface area contributed by atoms with Gasteiger partial charge in [0.2, 0.25) is 0 Å². The van der Waals surface area contributed by atoms with Gasteiger partial charge in [0.25, 0.3) is 0 Å². The second-order valence-electron chi connectivity index (χ2n) is 3.12. The summed E-state index contributed by atoms with van der Waals surface area (Å²) in [4.78, 5) is 11.6. The van der Waals surface area contributed by atoms with Crippen molar-refractivity contribution >= 4 is 5.78 Å². The molecule has 0 radical (unpaired) electrons. The molecule has 1 aliphatic rings. The summed E-state index contributed by atoms with van der Waals surface area (Å²) in [6, 6.07) is 4.63. The van der Waals surface area contributed by atoms with Crippen LogP contribution in [0.15, 0.2) is 18.2 Å². The molecule has 1 atom stereocenters. The third kappa shape index (κ3) is 1.24. The Kier molecular flexibility index (Phi) is 2.13. The van der Waals surface area contributed by atoms with Crippen molar-refractivity contribution in [3.05, 3.63) is 23.8 Å². The van der Waals surface area contributed by atoms with Crippen LogP contribution in [0, 0.1) is 0 Å². The summed E-state index contributed by atoms with van der Waals surface area (Å²) >= 11 is 0. The number of rotatable bonds is 1. The van der Waals surface area contributed by atoms with Crippen LogP contribution < -0.4 is 15.2 Å². The van der Waals surface area contributed by atoms with E-state index in [0.717, 1.165) is 0 Å². The maximum atomic E-state index is 11.6. The maximum absolute atomic E-state index is 11.6. The lowest BCUT2D eigenvalue weighted by Gasteiger charge is -2.22. The van der Waals surface area contributed by atoms with E-state index in [2.05, 4.69) is 0 Å². The molecule has 0 amide bonds. The number of benzene rings is 1. The first-order valence-electron chi connectivity index (χ1n) is 4.33. The molecule has 2 rings (SSSR count). The number of Topliss-reactive ketones (excluding diaryl/α,β-unsaturated/α-hetero) is 1. The molecule has 0 unspecified atom stereocenters. The second kappa shape index (κ2) is 3.31. The van der Waals surface area contributed by atoms with Crippen LogP contribution >= 0.6 is 0 Å². The minimum absolute atomic E-state index is 0.0925. The van der Waals surface area contributed by atoms with Gasteiger partial charge >= 0.3 is 0 Å². The molecular formula is C10H11NO3. The van der Waals surface area contributed by atoms with Crippen molar-refractivity contribution in [2.75, 3.05) is 13.7 Å². The summed E-state index contributed by atoms with van der Waals surface area (Å²) in [6.45, 7) is 0.214. The summed E-state index contributed by atoms with van der Waals surface area (Å²) in [5.41, 5.74) is 6.07. The van der Waals surface area contributed by atoms with Crippen LogP contribution in [-0.2, 0) is 0 Å². The van der Waals surface area contributed by atoms with E-state index in [1.165, 1.54) is 7.11 Å². The third-order valence-corrected chi connectivity index (χ3v) is 2.21. The van der Waals surface area contributed by atoms with Crippen LogP contribution in [0.3, 0.4) is 0 Å². The smallest absolute Gasteiger partial charge is 0.186 e. The van der Waals surface area contributed by atoms with E-state index in [-0.39, 0.29) is 12.4 Å². The Hall–Kier alpha value is -1.55. The average Bonchev–Trinajstić information content (AvgIpc) is 2.23. The number of ketones is 1. The molecule has 0 saturated carbocycles.